The number of nitrogen functional groups attached to an aromatic ring is 1. The molecule has 0 aliphatic rings. The lowest BCUT2D eigenvalue weighted by Crippen LogP contribution is -2.10. The van der Waals surface area contributed by atoms with Gasteiger partial charge >= 0.3 is 0 Å². The third-order valence-corrected chi connectivity index (χ3v) is 2.90. The van der Waals surface area contributed by atoms with Gasteiger partial charge < -0.3 is 16.4 Å². The highest BCUT2D eigenvalue weighted by molar-refractivity contribution is 5.51. The van der Waals surface area contributed by atoms with Gasteiger partial charge in [0, 0.05) is 19.2 Å². The van der Waals surface area contributed by atoms with Gasteiger partial charge in [-0.1, -0.05) is 29.8 Å². The predicted molar refractivity (Wildman–Crippen MR) is 84.0 cm³/mol. The average molecular weight is 271 g/mol. The number of hydrogen-bond acceptors (Lipinski definition) is 5. The molecule has 0 amide bonds. The molecule has 2 aromatic rings. The standard InChI is InChI=1S/C15H21N5/c1-3-17-13-10-14(20-15(16)19-13)18-8-7-12-6-4-5-11(2)9-12/h4-6,9-10H,3,7-8H2,1-2H3,(H4,16,17,18,19,20). The maximum Gasteiger partial charge on any atom is 0.223 e. The molecule has 5 nitrogen and oxygen atoms in total. The van der Waals surface area contributed by atoms with Gasteiger partial charge in [-0.3, -0.25) is 0 Å². The van der Waals surface area contributed by atoms with Gasteiger partial charge in [-0.05, 0) is 25.8 Å². The highest BCUT2D eigenvalue weighted by Crippen LogP contribution is 2.12. The number of aromatic nitrogens is 2. The van der Waals surface area contributed by atoms with Crippen molar-refractivity contribution in [2.24, 2.45) is 0 Å². The van der Waals surface area contributed by atoms with Crippen molar-refractivity contribution < 1.29 is 0 Å². The Morgan fingerprint density at radius 2 is 1.85 bits per heavy atom. The number of nitrogens with zero attached hydrogens (tertiary/aromatic N) is 2. The Morgan fingerprint density at radius 3 is 2.55 bits per heavy atom. The van der Waals surface area contributed by atoms with Gasteiger partial charge in [0.05, 0.1) is 0 Å². The molecule has 2 rings (SSSR count). The zero-order valence-electron chi connectivity index (χ0n) is 12.0. The summed E-state index contributed by atoms with van der Waals surface area (Å²) in [6.45, 7) is 5.73. The van der Waals surface area contributed by atoms with Gasteiger partial charge in [0.2, 0.25) is 5.95 Å². The van der Waals surface area contributed by atoms with E-state index in [1.165, 1.54) is 11.1 Å². The molecule has 0 fully saturated rings. The van der Waals surface area contributed by atoms with E-state index in [1.54, 1.807) is 0 Å². The summed E-state index contributed by atoms with van der Waals surface area (Å²) in [6.07, 6.45) is 0.947. The highest BCUT2D eigenvalue weighted by Gasteiger charge is 2.01. The Morgan fingerprint density at radius 1 is 1.10 bits per heavy atom. The molecule has 1 aromatic carbocycles. The van der Waals surface area contributed by atoms with Crippen LogP contribution in [0.5, 0.6) is 0 Å². The summed E-state index contributed by atoms with van der Waals surface area (Å²) in [5.74, 6) is 1.78. The number of rotatable bonds is 6. The molecular weight excluding hydrogens is 250 g/mol. The monoisotopic (exact) mass is 271 g/mol. The SMILES string of the molecule is CCNc1cc(NCCc2cccc(C)c2)nc(N)n1. The second kappa shape index (κ2) is 6.75. The fourth-order valence-corrected chi connectivity index (χ4v) is 2.03. The molecule has 0 aliphatic heterocycles. The van der Waals surface area contributed by atoms with Crippen LogP contribution in [0.2, 0.25) is 0 Å². The maximum absolute atomic E-state index is 5.69. The number of benzene rings is 1. The predicted octanol–water partition coefficient (Wildman–Crippen LogP) is 2.45. The lowest BCUT2D eigenvalue weighted by molar-refractivity contribution is 0.998. The molecule has 0 unspecified atom stereocenters. The first kappa shape index (κ1) is 14.1. The molecule has 0 saturated heterocycles. The third-order valence-electron chi connectivity index (χ3n) is 2.90. The summed E-state index contributed by atoms with van der Waals surface area (Å²) in [4.78, 5) is 8.30. The van der Waals surface area contributed by atoms with Crippen molar-refractivity contribution in [1.29, 1.82) is 0 Å². The average Bonchev–Trinajstić information content (AvgIpc) is 2.38. The number of nitrogens with one attached hydrogen (secondary N) is 2. The summed E-state index contributed by atoms with van der Waals surface area (Å²) < 4.78 is 0. The summed E-state index contributed by atoms with van der Waals surface area (Å²) >= 11 is 0. The lowest BCUT2D eigenvalue weighted by atomic mass is 10.1. The largest absolute Gasteiger partial charge is 0.370 e. The molecule has 1 aromatic heterocycles. The van der Waals surface area contributed by atoms with Crippen molar-refractivity contribution in [2.75, 3.05) is 29.5 Å². The fourth-order valence-electron chi connectivity index (χ4n) is 2.03. The van der Waals surface area contributed by atoms with Crippen molar-refractivity contribution in [2.45, 2.75) is 20.3 Å². The smallest absolute Gasteiger partial charge is 0.223 e. The Bertz CT molecular complexity index is 568. The summed E-state index contributed by atoms with van der Waals surface area (Å²) in [5.41, 5.74) is 8.28. The first-order valence-electron chi connectivity index (χ1n) is 6.85. The van der Waals surface area contributed by atoms with E-state index in [0.29, 0.717) is 0 Å². The van der Waals surface area contributed by atoms with Gasteiger partial charge in [0.25, 0.3) is 0 Å². The van der Waals surface area contributed by atoms with E-state index in [4.69, 9.17) is 5.73 Å². The van der Waals surface area contributed by atoms with Crippen molar-refractivity contribution >= 4 is 17.6 Å². The second-order valence-electron chi connectivity index (χ2n) is 4.69. The molecule has 0 saturated carbocycles. The molecule has 0 spiro atoms. The van der Waals surface area contributed by atoms with Crippen LogP contribution in [0.1, 0.15) is 18.1 Å². The van der Waals surface area contributed by atoms with Crippen LogP contribution in [0.3, 0.4) is 0 Å². The fraction of sp³-hybridized carbons (Fsp3) is 0.333. The van der Waals surface area contributed by atoms with Crippen molar-refractivity contribution in [1.82, 2.24) is 9.97 Å². The van der Waals surface area contributed by atoms with E-state index < -0.39 is 0 Å². The topological polar surface area (TPSA) is 75.9 Å². The van der Waals surface area contributed by atoms with E-state index in [1.807, 2.05) is 13.0 Å². The number of hydrogen-bond donors (Lipinski definition) is 3. The number of aryl methyl sites for hydroxylation is 1. The molecule has 0 radical (unpaired) electrons. The van der Waals surface area contributed by atoms with Crippen molar-refractivity contribution in [3.05, 3.63) is 41.5 Å². The lowest BCUT2D eigenvalue weighted by Gasteiger charge is -2.09. The molecule has 4 N–H and O–H groups in total. The summed E-state index contributed by atoms with van der Waals surface area (Å²) in [7, 11) is 0. The summed E-state index contributed by atoms with van der Waals surface area (Å²) in [5, 5.41) is 6.41. The Kier molecular flexibility index (Phi) is 4.76. The molecule has 0 atom stereocenters. The number of nitrogens with two attached hydrogens (primary N) is 1. The minimum absolute atomic E-state index is 0.279. The van der Waals surface area contributed by atoms with Crippen LogP contribution >= 0.6 is 0 Å². The molecule has 20 heavy (non-hydrogen) atoms. The van der Waals surface area contributed by atoms with Crippen LogP contribution in [0.4, 0.5) is 17.6 Å². The zero-order valence-corrected chi connectivity index (χ0v) is 12.0. The second-order valence-corrected chi connectivity index (χ2v) is 4.69. The van der Waals surface area contributed by atoms with E-state index in [9.17, 15) is 0 Å². The molecule has 1 heterocycles. The molecule has 0 aliphatic carbocycles. The van der Waals surface area contributed by atoms with Gasteiger partial charge in [-0.15, -0.1) is 0 Å². The van der Waals surface area contributed by atoms with Crippen molar-refractivity contribution in [3.63, 3.8) is 0 Å². The number of anilines is 3. The molecule has 0 bridgehead atoms. The summed E-state index contributed by atoms with van der Waals surface area (Å²) in [6, 6.07) is 10.4. The van der Waals surface area contributed by atoms with Gasteiger partial charge in [-0.2, -0.15) is 9.97 Å². The van der Waals surface area contributed by atoms with Crippen LogP contribution in [0.15, 0.2) is 30.3 Å². The van der Waals surface area contributed by atoms with Crippen LogP contribution in [0, 0.1) is 6.92 Å². The highest BCUT2D eigenvalue weighted by atomic mass is 15.1. The Hall–Kier alpha value is -2.30. The van der Waals surface area contributed by atoms with E-state index in [2.05, 4.69) is 51.8 Å². The third kappa shape index (κ3) is 4.12. The van der Waals surface area contributed by atoms with E-state index in [-0.39, 0.29) is 5.95 Å². The van der Waals surface area contributed by atoms with Gasteiger partial charge in [-0.25, -0.2) is 0 Å². The maximum atomic E-state index is 5.69. The minimum atomic E-state index is 0.279. The van der Waals surface area contributed by atoms with Crippen molar-refractivity contribution in [3.8, 4) is 0 Å². The van der Waals surface area contributed by atoms with Gasteiger partial charge in [0.15, 0.2) is 0 Å². The quantitative estimate of drug-likeness (QED) is 0.752. The van der Waals surface area contributed by atoms with E-state index in [0.717, 1.165) is 31.1 Å². The molecule has 5 heteroatoms. The first-order chi connectivity index (χ1) is 9.67. The van der Waals surface area contributed by atoms with Gasteiger partial charge in [0.1, 0.15) is 11.6 Å². The first-order valence-corrected chi connectivity index (χ1v) is 6.85. The minimum Gasteiger partial charge on any atom is -0.370 e. The van der Waals surface area contributed by atoms with E-state index >= 15 is 0 Å². The normalized spacial score (nSPS) is 10.3. The molecular formula is C15H21N5. The zero-order chi connectivity index (χ0) is 14.4. The van der Waals surface area contributed by atoms with Crippen LogP contribution < -0.4 is 16.4 Å². The van der Waals surface area contributed by atoms with Crippen LogP contribution in [-0.4, -0.2) is 23.1 Å². The van der Waals surface area contributed by atoms with Crippen LogP contribution in [-0.2, 0) is 6.42 Å². The molecule has 106 valence electrons. The van der Waals surface area contributed by atoms with Crippen LogP contribution in [0.25, 0.3) is 0 Å². The Balaban J connectivity index is 1.93. The Labute approximate surface area is 119 Å².